The number of aliphatic hydroxyl groups is 1. The van der Waals surface area contributed by atoms with Crippen LogP contribution in [0.2, 0.25) is 0 Å². The molecule has 1 aromatic rings. The Morgan fingerprint density at radius 3 is 2.74 bits per heavy atom. The van der Waals surface area contributed by atoms with E-state index in [9.17, 15) is 9.90 Å². The van der Waals surface area contributed by atoms with Gasteiger partial charge in [-0.05, 0) is 54.3 Å². The van der Waals surface area contributed by atoms with Crippen LogP contribution in [0.1, 0.15) is 25.7 Å². The molecule has 0 spiro atoms. The number of carbonyl (C=O) groups excluding carboxylic acids is 1. The van der Waals surface area contributed by atoms with E-state index in [0.717, 1.165) is 22.1 Å². The number of pyridine rings is 1. The lowest BCUT2D eigenvalue weighted by Gasteiger charge is -2.37. The normalized spacial score (nSPS) is 29.4. The Kier molecular flexibility index (Phi) is 3.62. The SMILES string of the molecule is O=C(Nc1ccncc1I)N1C2CCC1CC(O)C2. The smallest absolute Gasteiger partial charge is 0.322 e. The van der Waals surface area contributed by atoms with Gasteiger partial charge in [0.1, 0.15) is 0 Å². The van der Waals surface area contributed by atoms with Crippen LogP contribution >= 0.6 is 22.6 Å². The number of aromatic nitrogens is 1. The molecule has 2 N–H and O–H groups in total. The quantitative estimate of drug-likeness (QED) is 0.742. The van der Waals surface area contributed by atoms with E-state index < -0.39 is 0 Å². The number of nitrogens with zero attached hydrogens (tertiary/aromatic N) is 2. The van der Waals surface area contributed by atoms with Gasteiger partial charge in [-0.3, -0.25) is 4.98 Å². The fourth-order valence-electron chi connectivity index (χ4n) is 3.14. The summed E-state index contributed by atoms with van der Waals surface area (Å²) in [6.07, 6.45) is 6.57. The highest BCUT2D eigenvalue weighted by molar-refractivity contribution is 14.1. The highest BCUT2D eigenvalue weighted by atomic mass is 127. The Labute approximate surface area is 125 Å². The third-order valence-electron chi connectivity index (χ3n) is 3.96. The third-order valence-corrected chi connectivity index (χ3v) is 4.82. The summed E-state index contributed by atoms with van der Waals surface area (Å²) in [7, 11) is 0. The van der Waals surface area contributed by atoms with E-state index in [4.69, 9.17) is 0 Å². The van der Waals surface area contributed by atoms with Gasteiger partial charge in [-0.1, -0.05) is 0 Å². The third kappa shape index (κ3) is 2.55. The zero-order valence-electron chi connectivity index (χ0n) is 10.4. The number of hydrogen-bond acceptors (Lipinski definition) is 3. The van der Waals surface area contributed by atoms with Gasteiger partial charge in [-0.15, -0.1) is 0 Å². The molecule has 0 aliphatic carbocycles. The Hall–Kier alpha value is -0.890. The minimum atomic E-state index is -0.248. The molecule has 2 unspecified atom stereocenters. The first-order chi connectivity index (χ1) is 9.15. The number of halogens is 1. The van der Waals surface area contributed by atoms with Gasteiger partial charge in [0.25, 0.3) is 0 Å². The van der Waals surface area contributed by atoms with Gasteiger partial charge in [-0.25, -0.2) is 4.79 Å². The molecule has 2 aliphatic heterocycles. The number of rotatable bonds is 1. The highest BCUT2D eigenvalue weighted by Gasteiger charge is 2.42. The number of nitrogens with one attached hydrogen (secondary N) is 1. The average Bonchev–Trinajstić information content (AvgIpc) is 2.65. The van der Waals surface area contributed by atoms with Crippen molar-refractivity contribution in [2.75, 3.05) is 5.32 Å². The van der Waals surface area contributed by atoms with Crippen LogP contribution in [0.15, 0.2) is 18.5 Å². The van der Waals surface area contributed by atoms with Gasteiger partial charge in [0, 0.05) is 24.5 Å². The Bertz CT molecular complexity index is 483. The van der Waals surface area contributed by atoms with E-state index in [1.807, 2.05) is 4.90 Å². The van der Waals surface area contributed by atoms with Gasteiger partial charge < -0.3 is 15.3 Å². The van der Waals surface area contributed by atoms with E-state index in [1.165, 1.54) is 0 Å². The van der Waals surface area contributed by atoms with Crippen molar-refractivity contribution in [3.8, 4) is 0 Å². The fraction of sp³-hybridized carbons (Fsp3) is 0.538. The van der Waals surface area contributed by atoms with Crippen molar-refractivity contribution in [3.63, 3.8) is 0 Å². The van der Waals surface area contributed by atoms with Crippen LogP contribution in [0, 0.1) is 3.57 Å². The molecule has 0 radical (unpaired) electrons. The minimum absolute atomic E-state index is 0.0523. The fourth-order valence-corrected chi connectivity index (χ4v) is 3.61. The number of fused-ring (bicyclic) bond motifs is 2. The zero-order valence-corrected chi connectivity index (χ0v) is 12.6. The van der Waals surface area contributed by atoms with Crippen molar-refractivity contribution in [3.05, 3.63) is 22.0 Å². The number of hydrogen-bond donors (Lipinski definition) is 2. The topological polar surface area (TPSA) is 65.5 Å². The molecular weight excluding hydrogens is 357 g/mol. The lowest BCUT2D eigenvalue weighted by molar-refractivity contribution is 0.0580. The van der Waals surface area contributed by atoms with E-state index in [0.29, 0.717) is 12.8 Å². The van der Waals surface area contributed by atoms with Crippen molar-refractivity contribution < 1.29 is 9.90 Å². The van der Waals surface area contributed by atoms with Gasteiger partial charge in [0.05, 0.1) is 15.4 Å². The van der Waals surface area contributed by atoms with Crippen LogP contribution in [0.4, 0.5) is 10.5 Å². The number of amides is 2. The monoisotopic (exact) mass is 373 g/mol. The number of carbonyl (C=O) groups is 1. The van der Waals surface area contributed by atoms with Gasteiger partial charge in [0.15, 0.2) is 0 Å². The van der Waals surface area contributed by atoms with Crippen LogP contribution in [0.3, 0.4) is 0 Å². The molecule has 2 saturated heterocycles. The molecule has 2 bridgehead atoms. The van der Waals surface area contributed by atoms with Crippen molar-refractivity contribution in [2.24, 2.45) is 0 Å². The standard InChI is InChI=1S/C13H16IN3O2/c14-11-7-15-4-3-12(11)16-13(19)17-8-1-2-9(17)6-10(18)5-8/h3-4,7-10,18H,1-2,5-6H2,(H,15,16,19). The minimum Gasteiger partial charge on any atom is -0.393 e. The van der Waals surface area contributed by atoms with Crippen molar-refractivity contribution in [1.29, 1.82) is 0 Å². The van der Waals surface area contributed by atoms with Crippen molar-refractivity contribution in [1.82, 2.24) is 9.88 Å². The first-order valence-electron chi connectivity index (χ1n) is 6.52. The van der Waals surface area contributed by atoms with E-state index >= 15 is 0 Å². The summed E-state index contributed by atoms with van der Waals surface area (Å²) in [6, 6.07) is 2.13. The first kappa shape index (κ1) is 13.1. The maximum Gasteiger partial charge on any atom is 0.322 e. The predicted octanol–water partition coefficient (Wildman–Crippen LogP) is 2.21. The van der Waals surface area contributed by atoms with Gasteiger partial charge >= 0.3 is 6.03 Å². The molecular formula is C13H16IN3O2. The van der Waals surface area contributed by atoms with E-state index in [1.54, 1.807) is 18.5 Å². The van der Waals surface area contributed by atoms with Crippen molar-refractivity contribution >= 4 is 34.3 Å². The summed E-state index contributed by atoms with van der Waals surface area (Å²) >= 11 is 2.16. The molecule has 3 rings (SSSR count). The summed E-state index contributed by atoms with van der Waals surface area (Å²) in [5.74, 6) is 0. The molecule has 2 fully saturated rings. The lowest BCUT2D eigenvalue weighted by atomic mass is 10.0. The molecule has 6 heteroatoms. The molecule has 0 aromatic carbocycles. The summed E-state index contributed by atoms with van der Waals surface area (Å²) in [4.78, 5) is 18.3. The van der Waals surface area contributed by atoms with Crippen LogP contribution < -0.4 is 5.32 Å². The Morgan fingerprint density at radius 2 is 2.11 bits per heavy atom. The lowest BCUT2D eigenvalue weighted by Crippen LogP contribution is -2.49. The van der Waals surface area contributed by atoms with Crippen LogP contribution in [0.25, 0.3) is 0 Å². The molecule has 1 aromatic heterocycles. The number of piperidine rings is 1. The molecule has 2 aliphatic rings. The largest absolute Gasteiger partial charge is 0.393 e. The second-order valence-electron chi connectivity index (χ2n) is 5.20. The summed E-state index contributed by atoms with van der Waals surface area (Å²) in [5, 5.41) is 12.7. The summed E-state index contributed by atoms with van der Waals surface area (Å²) < 4.78 is 0.929. The van der Waals surface area contributed by atoms with Gasteiger partial charge in [0.2, 0.25) is 0 Å². The second kappa shape index (κ2) is 5.24. The van der Waals surface area contributed by atoms with Crippen LogP contribution in [0.5, 0.6) is 0 Å². The molecule has 102 valence electrons. The molecule has 3 heterocycles. The zero-order chi connectivity index (χ0) is 13.4. The van der Waals surface area contributed by atoms with Crippen LogP contribution in [-0.2, 0) is 0 Å². The summed E-state index contributed by atoms with van der Waals surface area (Å²) in [5.41, 5.74) is 0.797. The maximum atomic E-state index is 12.4. The molecule has 19 heavy (non-hydrogen) atoms. The highest BCUT2D eigenvalue weighted by Crippen LogP contribution is 2.36. The summed E-state index contributed by atoms with van der Waals surface area (Å²) in [6.45, 7) is 0. The molecule has 2 amide bonds. The van der Waals surface area contributed by atoms with Crippen LogP contribution in [-0.4, -0.2) is 39.2 Å². The molecule has 2 atom stereocenters. The maximum absolute atomic E-state index is 12.4. The van der Waals surface area contributed by atoms with E-state index in [-0.39, 0.29) is 24.2 Å². The molecule has 5 nitrogen and oxygen atoms in total. The van der Waals surface area contributed by atoms with Crippen molar-refractivity contribution in [2.45, 2.75) is 43.9 Å². The predicted molar refractivity (Wildman–Crippen MR) is 79.9 cm³/mol. The Balaban J connectivity index is 1.73. The number of urea groups is 1. The molecule has 0 saturated carbocycles. The van der Waals surface area contributed by atoms with Gasteiger partial charge in [-0.2, -0.15) is 0 Å². The first-order valence-corrected chi connectivity index (χ1v) is 7.60. The number of aliphatic hydroxyl groups excluding tert-OH is 1. The average molecular weight is 373 g/mol. The van der Waals surface area contributed by atoms with E-state index in [2.05, 4.69) is 32.9 Å². The number of anilines is 1. The Morgan fingerprint density at radius 1 is 1.42 bits per heavy atom. The second-order valence-corrected chi connectivity index (χ2v) is 6.37.